The molecule has 0 unspecified atom stereocenters. The number of nitrogen functional groups attached to an aromatic ring is 1. The lowest BCUT2D eigenvalue weighted by Crippen LogP contribution is -2.37. The normalized spacial score (nSPS) is 13.7. The number of nitrogens with two attached hydrogens (primary N) is 1. The number of anilines is 3. The first-order valence-electron chi connectivity index (χ1n) is 12.7. The van der Waals surface area contributed by atoms with Crippen LogP contribution in [-0.2, 0) is 6.18 Å². The number of nitrogens with zero attached hydrogens (tertiary/aromatic N) is 3. The maximum atomic E-state index is 12.5. The van der Waals surface area contributed by atoms with Crippen molar-refractivity contribution >= 4 is 29.3 Å². The summed E-state index contributed by atoms with van der Waals surface area (Å²) in [6.07, 6.45) is -0.987. The molecule has 12 heteroatoms. The van der Waals surface area contributed by atoms with Crippen LogP contribution in [0.3, 0.4) is 0 Å². The van der Waals surface area contributed by atoms with Crippen molar-refractivity contribution in [1.82, 2.24) is 14.9 Å². The number of benzene rings is 2. The molecule has 0 bridgehead atoms. The molecule has 0 spiro atoms. The topological polar surface area (TPSA) is 120 Å². The summed E-state index contributed by atoms with van der Waals surface area (Å²) in [6, 6.07) is 7.95. The van der Waals surface area contributed by atoms with E-state index in [0.29, 0.717) is 29.6 Å². The number of halogens is 4. The highest BCUT2D eigenvalue weighted by molar-refractivity contribution is 6.16. The second-order valence-electron chi connectivity index (χ2n) is 9.50. The molecule has 0 atom stereocenters. The smallest absolute Gasteiger partial charge is 0.388 e. The van der Waals surface area contributed by atoms with E-state index in [2.05, 4.69) is 44.4 Å². The molecule has 0 saturated carbocycles. The van der Waals surface area contributed by atoms with Gasteiger partial charge in [0.2, 0.25) is 0 Å². The van der Waals surface area contributed by atoms with Gasteiger partial charge in [-0.15, -0.1) is 0 Å². The van der Waals surface area contributed by atoms with Gasteiger partial charge in [0.15, 0.2) is 0 Å². The number of aromatic nitrogens is 2. The number of aryl methyl sites for hydroxylation is 1. The predicted molar refractivity (Wildman–Crippen MR) is 152 cm³/mol. The van der Waals surface area contributed by atoms with E-state index in [1.807, 2.05) is 32.2 Å². The Morgan fingerprint density at radius 3 is 2.51 bits per heavy atom. The zero-order chi connectivity index (χ0) is 30.2. The van der Waals surface area contributed by atoms with Crippen LogP contribution < -0.4 is 16.4 Å². The number of carbonyl (C=O) groups is 1. The predicted octanol–water partition coefficient (Wildman–Crippen LogP) is 4.99. The molecule has 1 aliphatic rings. The molecule has 41 heavy (non-hydrogen) atoms. The van der Waals surface area contributed by atoms with Crippen LogP contribution in [0.25, 0.3) is 0 Å². The van der Waals surface area contributed by atoms with E-state index >= 15 is 0 Å². The van der Waals surface area contributed by atoms with Gasteiger partial charge in [-0.25, -0.2) is 14.4 Å². The molecule has 5 N–H and O–H groups in total. The molecule has 0 radical (unpaired) electrons. The molecular formula is C29H31F4N7O. The number of carbonyl (C=O) groups excluding carboxylic acids is 1. The van der Waals surface area contributed by atoms with Gasteiger partial charge in [0, 0.05) is 29.9 Å². The Morgan fingerprint density at radius 1 is 1.17 bits per heavy atom. The number of hydrogen-bond acceptors (Lipinski definition) is 8. The van der Waals surface area contributed by atoms with Crippen LogP contribution in [0.2, 0.25) is 0 Å². The highest BCUT2D eigenvalue weighted by atomic mass is 19.4. The lowest BCUT2D eigenvalue weighted by atomic mass is 10.0. The minimum absolute atomic E-state index is 0.114. The number of nitrogens with one attached hydrogen (secondary N) is 3. The molecule has 1 aliphatic heterocycles. The van der Waals surface area contributed by atoms with Crippen LogP contribution in [0.1, 0.15) is 45.5 Å². The van der Waals surface area contributed by atoms with Crippen LogP contribution in [0.15, 0.2) is 42.7 Å². The second kappa shape index (κ2) is 13.7. The number of alkyl halides is 3. The zero-order valence-electron chi connectivity index (χ0n) is 22.9. The summed E-state index contributed by atoms with van der Waals surface area (Å²) in [6.45, 7) is 4.07. The molecular weight excluding hydrogens is 538 g/mol. The van der Waals surface area contributed by atoms with Crippen molar-refractivity contribution in [2.24, 2.45) is 0 Å². The molecule has 0 amide bonds. The Hall–Kier alpha value is -4.50. The summed E-state index contributed by atoms with van der Waals surface area (Å²) in [5, 5.41) is 15.0. The molecule has 1 fully saturated rings. The van der Waals surface area contributed by atoms with E-state index in [9.17, 15) is 22.4 Å². The maximum Gasteiger partial charge on any atom is 0.416 e. The summed E-state index contributed by atoms with van der Waals surface area (Å²) in [5.74, 6) is 5.80. The molecule has 8 nitrogen and oxygen atoms in total. The third-order valence-electron chi connectivity index (χ3n) is 6.42. The number of aldehydes is 1. The standard InChI is InChI=1S/C21H27N7.C8H4F4O/c1-14-4-6-17(24-2)12-15(14)5-7-18(22)19-20(23)25-13-26-21(19)27-16-8-10-28(3)11-9-16;9-7-2-5(4-13)1-6(3-7)8(10,11)12/h4,6,12-13,16,22,24H,8-11H2,1-3H3,(H3,23,25,26,27);1-4H. The Bertz CT molecular complexity index is 1460. The van der Waals surface area contributed by atoms with Gasteiger partial charge < -0.3 is 21.3 Å². The molecule has 3 aromatic rings. The minimum Gasteiger partial charge on any atom is -0.388 e. The number of rotatable bonds is 5. The summed E-state index contributed by atoms with van der Waals surface area (Å²) >= 11 is 0. The first-order valence-corrected chi connectivity index (χ1v) is 12.7. The molecule has 2 heterocycles. The minimum atomic E-state index is -4.63. The fourth-order valence-electron chi connectivity index (χ4n) is 4.05. The van der Waals surface area contributed by atoms with Crippen molar-refractivity contribution < 1.29 is 22.4 Å². The van der Waals surface area contributed by atoms with Gasteiger partial charge in [0.25, 0.3) is 0 Å². The monoisotopic (exact) mass is 569 g/mol. The lowest BCUT2D eigenvalue weighted by molar-refractivity contribution is -0.137. The van der Waals surface area contributed by atoms with E-state index in [-0.39, 0.29) is 23.4 Å². The molecule has 2 aromatic carbocycles. The van der Waals surface area contributed by atoms with Crippen LogP contribution in [0, 0.1) is 30.0 Å². The Balaban J connectivity index is 0.000000298. The van der Waals surface area contributed by atoms with Gasteiger partial charge in [0.1, 0.15) is 35.8 Å². The molecule has 216 valence electrons. The first kappa shape index (κ1) is 31.0. The van der Waals surface area contributed by atoms with Crippen LogP contribution >= 0.6 is 0 Å². The number of piperidine rings is 1. The van der Waals surface area contributed by atoms with Crippen molar-refractivity contribution in [2.75, 3.05) is 43.6 Å². The second-order valence-corrected chi connectivity index (χ2v) is 9.50. The maximum absolute atomic E-state index is 12.5. The quantitative estimate of drug-likeness (QED) is 0.148. The molecule has 1 aromatic heterocycles. The van der Waals surface area contributed by atoms with Crippen molar-refractivity contribution in [1.29, 1.82) is 5.41 Å². The van der Waals surface area contributed by atoms with Gasteiger partial charge in [-0.05, 0) is 81.7 Å². The Morgan fingerprint density at radius 2 is 1.88 bits per heavy atom. The SMILES string of the molecule is CNc1ccc(C)c(C#CC(=N)c2c(N)ncnc2NC2CCN(C)CC2)c1.O=Cc1cc(F)cc(C(F)(F)F)c1. The fraction of sp³-hybridized carbons (Fsp3) is 0.310. The third-order valence-corrected chi connectivity index (χ3v) is 6.42. The summed E-state index contributed by atoms with van der Waals surface area (Å²) in [4.78, 5) is 20.8. The Labute approximate surface area is 235 Å². The van der Waals surface area contributed by atoms with Crippen LogP contribution in [0.5, 0.6) is 0 Å². The molecule has 1 saturated heterocycles. The Kier molecular flexibility index (Phi) is 10.4. The average molecular weight is 570 g/mol. The van der Waals surface area contributed by atoms with Gasteiger partial charge in [-0.3, -0.25) is 10.2 Å². The zero-order valence-corrected chi connectivity index (χ0v) is 22.9. The van der Waals surface area contributed by atoms with Crippen molar-refractivity contribution in [3.8, 4) is 11.8 Å². The van der Waals surface area contributed by atoms with Crippen molar-refractivity contribution in [3.05, 3.63) is 76.4 Å². The first-order chi connectivity index (χ1) is 19.4. The lowest BCUT2D eigenvalue weighted by Gasteiger charge is -2.30. The largest absolute Gasteiger partial charge is 0.416 e. The summed E-state index contributed by atoms with van der Waals surface area (Å²) in [7, 11) is 3.99. The third kappa shape index (κ3) is 8.74. The highest BCUT2D eigenvalue weighted by Gasteiger charge is 2.31. The van der Waals surface area contributed by atoms with Gasteiger partial charge >= 0.3 is 6.18 Å². The van der Waals surface area contributed by atoms with E-state index in [0.717, 1.165) is 48.8 Å². The van der Waals surface area contributed by atoms with E-state index in [1.54, 1.807) is 0 Å². The summed E-state index contributed by atoms with van der Waals surface area (Å²) in [5.41, 5.74) is 8.08. The van der Waals surface area contributed by atoms with Crippen LogP contribution in [-0.4, -0.2) is 60.1 Å². The van der Waals surface area contributed by atoms with E-state index in [1.165, 1.54) is 6.33 Å². The average Bonchev–Trinajstić information content (AvgIpc) is 2.93. The molecule has 0 aliphatic carbocycles. The van der Waals surface area contributed by atoms with E-state index < -0.39 is 17.6 Å². The van der Waals surface area contributed by atoms with Crippen molar-refractivity contribution in [2.45, 2.75) is 32.0 Å². The fourth-order valence-corrected chi connectivity index (χ4v) is 4.05. The van der Waals surface area contributed by atoms with Gasteiger partial charge in [-0.2, -0.15) is 13.2 Å². The number of hydrogen-bond donors (Lipinski definition) is 4. The van der Waals surface area contributed by atoms with Gasteiger partial charge in [-0.1, -0.05) is 12.0 Å². The van der Waals surface area contributed by atoms with Crippen molar-refractivity contribution in [3.63, 3.8) is 0 Å². The van der Waals surface area contributed by atoms with Crippen LogP contribution in [0.4, 0.5) is 34.9 Å². The van der Waals surface area contributed by atoms with Gasteiger partial charge in [0.05, 0.1) is 11.1 Å². The molecule has 4 rings (SSSR count). The number of likely N-dealkylation sites (tertiary alicyclic amines) is 1. The highest BCUT2D eigenvalue weighted by Crippen LogP contribution is 2.30. The summed E-state index contributed by atoms with van der Waals surface area (Å²) < 4.78 is 48.5. The van der Waals surface area contributed by atoms with E-state index in [4.69, 9.17) is 11.1 Å².